The lowest BCUT2D eigenvalue weighted by Crippen LogP contribution is -2.59. The van der Waals surface area contributed by atoms with Gasteiger partial charge in [0.2, 0.25) is 23.6 Å². The molecule has 10 heteroatoms. The first-order valence-electron chi connectivity index (χ1n) is 17.5. The van der Waals surface area contributed by atoms with Crippen molar-refractivity contribution < 1.29 is 19.2 Å². The number of nitrogens with two attached hydrogens (primary N) is 1. The van der Waals surface area contributed by atoms with Gasteiger partial charge >= 0.3 is 0 Å². The van der Waals surface area contributed by atoms with Gasteiger partial charge in [-0.3, -0.25) is 19.2 Å². The van der Waals surface area contributed by atoms with Gasteiger partial charge in [0.15, 0.2) is 0 Å². The van der Waals surface area contributed by atoms with Crippen LogP contribution in [0.5, 0.6) is 0 Å². The average molecular weight is 655 g/mol. The summed E-state index contributed by atoms with van der Waals surface area (Å²) in [5.41, 5.74) is 8.87. The first-order chi connectivity index (χ1) is 23.4. The van der Waals surface area contributed by atoms with Crippen molar-refractivity contribution in [2.75, 3.05) is 13.1 Å². The Hall–Kier alpha value is -4.28. The summed E-state index contributed by atoms with van der Waals surface area (Å²) >= 11 is 0. The van der Waals surface area contributed by atoms with Crippen molar-refractivity contribution in [1.29, 1.82) is 0 Å². The molecule has 7 N–H and O–H groups in total. The van der Waals surface area contributed by atoms with E-state index >= 15 is 0 Å². The number of rotatable bonds is 15. The summed E-state index contributed by atoms with van der Waals surface area (Å²) in [6.07, 6.45) is 5.86. The van der Waals surface area contributed by atoms with Crippen LogP contribution in [-0.4, -0.2) is 54.8 Å². The fraction of sp³-hybridized carbons (Fsp3) is 0.474. The minimum atomic E-state index is -0.863. The highest BCUT2D eigenvalue weighted by Crippen LogP contribution is 2.28. The van der Waals surface area contributed by atoms with Crippen LogP contribution in [0.3, 0.4) is 0 Å². The summed E-state index contributed by atoms with van der Waals surface area (Å²) in [7, 11) is 0. The molecule has 3 aromatic carbocycles. The molecule has 0 bridgehead atoms. The van der Waals surface area contributed by atoms with E-state index in [1.54, 1.807) is 6.92 Å². The van der Waals surface area contributed by atoms with E-state index in [1.807, 2.05) is 66.7 Å². The molecule has 5 rings (SSSR count). The monoisotopic (exact) mass is 654 g/mol. The van der Waals surface area contributed by atoms with Crippen LogP contribution >= 0.6 is 0 Å². The topological polar surface area (TPSA) is 154 Å². The number of nitrogens with one attached hydrogen (secondary N) is 5. The maximum atomic E-state index is 14.1. The van der Waals surface area contributed by atoms with Gasteiger partial charge < -0.3 is 32.3 Å². The fourth-order valence-corrected chi connectivity index (χ4v) is 6.97. The van der Waals surface area contributed by atoms with Crippen molar-refractivity contribution in [2.24, 2.45) is 11.7 Å². The second-order valence-corrected chi connectivity index (χ2v) is 13.1. The van der Waals surface area contributed by atoms with E-state index in [0.29, 0.717) is 25.9 Å². The Kier molecular flexibility index (Phi) is 12.6. The van der Waals surface area contributed by atoms with E-state index in [9.17, 15) is 19.2 Å². The highest BCUT2D eigenvalue weighted by atomic mass is 16.2. The van der Waals surface area contributed by atoms with Gasteiger partial charge in [0, 0.05) is 25.9 Å². The normalized spacial score (nSPS) is 17.9. The summed E-state index contributed by atoms with van der Waals surface area (Å²) in [6.45, 7) is 3.57. The van der Waals surface area contributed by atoms with Gasteiger partial charge in [0.05, 0.1) is 6.04 Å². The Morgan fingerprint density at radius 2 is 1.58 bits per heavy atom. The summed E-state index contributed by atoms with van der Waals surface area (Å²) in [6, 6.07) is 19.3. The minimum absolute atomic E-state index is 0.0701. The standard InChI is InChI=1S/C38H50N6O4/c1-2-34(45)41-32(22-25-18-19-26-11-3-6-14-28(26)21-25)37(47)44-35(27-12-4-5-13-27)38(48)42-31(17-9-10-20-39)36(46)43-33-24-40-23-29-15-7-8-16-30(29)33/h3,6-8,11,14-16,18-19,21,27,31-33,35,40H,2,4-5,9-10,12-13,17,20,22-24,39H2,1H3,(H,41,45)(H,42,48)(H,43,46)(H,44,47)/t31-,32-,33+,35-/m0/s1. The van der Waals surface area contributed by atoms with Crippen molar-refractivity contribution in [1.82, 2.24) is 26.6 Å². The molecule has 0 radical (unpaired) electrons. The molecule has 10 nitrogen and oxygen atoms in total. The van der Waals surface area contributed by atoms with Crippen molar-refractivity contribution in [2.45, 2.75) is 95.4 Å². The lowest BCUT2D eigenvalue weighted by atomic mass is 9.94. The van der Waals surface area contributed by atoms with E-state index in [0.717, 1.165) is 66.1 Å². The third-order valence-corrected chi connectivity index (χ3v) is 9.67. The summed E-state index contributed by atoms with van der Waals surface area (Å²) < 4.78 is 0. The SMILES string of the molecule is CCC(=O)N[C@@H](Cc1ccc2ccccc2c1)C(=O)N[C@H](C(=O)N[C@@H](CCCCN)C(=O)N[C@@H]1CNCc2ccccc21)C1CCCC1. The molecule has 0 spiro atoms. The average Bonchev–Trinajstić information content (AvgIpc) is 3.64. The number of hydrogen-bond donors (Lipinski definition) is 6. The molecule has 4 amide bonds. The first-order valence-corrected chi connectivity index (χ1v) is 17.5. The Bertz CT molecular complexity index is 1570. The molecular weight excluding hydrogens is 604 g/mol. The van der Waals surface area contributed by atoms with Gasteiger partial charge in [-0.25, -0.2) is 0 Å². The predicted molar refractivity (Wildman–Crippen MR) is 188 cm³/mol. The van der Waals surface area contributed by atoms with Gasteiger partial charge in [-0.2, -0.15) is 0 Å². The number of fused-ring (bicyclic) bond motifs is 2. The third kappa shape index (κ3) is 9.20. The molecule has 3 aromatic rings. The van der Waals surface area contributed by atoms with E-state index in [2.05, 4.69) is 26.6 Å². The zero-order valence-electron chi connectivity index (χ0n) is 27.9. The lowest BCUT2D eigenvalue weighted by Gasteiger charge is -2.31. The van der Waals surface area contributed by atoms with Crippen LogP contribution in [0.15, 0.2) is 66.7 Å². The number of hydrogen-bond acceptors (Lipinski definition) is 6. The molecule has 0 unspecified atom stereocenters. The lowest BCUT2D eigenvalue weighted by molar-refractivity contribution is -0.135. The predicted octanol–water partition coefficient (Wildman–Crippen LogP) is 3.53. The molecule has 2 aliphatic rings. The Balaban J connectivity index is 1.32. The number of benzene rings is 3. The first kappa shape index (κ1) is 35.0. The molecule has 0 saturated heterocycles. The van der Waals surface area contributed by atoms with Crippen LogP contribution in [-0.2, 0) is 32.1 Å². The van der Waals surface area contributed by atoms with Crippen molar-refractivity contribution in [3.05, 3.63) is 83.4 Å². The van der Waals surface area contributed by atoms with Crippen molar-refractivity contribution in [3.63, 3.8) is 0 Å². The second kappa shape index (κ2) is 17.2. The Morgan fingerprint density at radius 1 is 0.833 bits per heavy atom. The molecule has 1 aliphatic heterocycles. The van der Waals surface area contributed by atoms with Gasteiger partial charge in [0.1, 0.15) is 18.1 Å². The van der Waals surface area contributed by atoms with Crippen LogP contribution in [0.1, 0.15) is 81.0 Å². The van der Waals surface area contributed by atoms with E-state index in [1.165, 1.54) is 0 Å². The van der Waals surface area contributed by atoms with Crippen LogP contribution in [0.4, 0.5) is 0 Å². The van der Waals surface area contributed by atoms with Gasteiger partial charge in [-0.15, -0.1) is 0 Å². The molecule has 1 fully saturated rings. The van der Waals surface area contributed by atoms with Crippen molar-refractivity contribution >= 4 is 34.4 Å². The molecule has 4 atom stereocenters. The van der Waals surface area contributed by atoms with Crippen LogP contribution in [0.25, 0.3) is 10.8 Å². The zero-order chi connectivity index (χ0) is 33.9. The van der Waals surface area contributed by atoms with Crippen LogP contribution in [0, 0.1) is 5.92 Å². The van der Waals surface area contributed by atoms with Crippen LogP contribution in [0.2, 0.25) is 0 Å². The van der Waals surface area contributed by atoms with E-state index in [-0.39, 0.29) is 42.5 Å². The molecule has 1 heterocycles. The Morgan fingerprint density at radius 3 is 2.35 bits per heavy atom. The van der Waals surface area contributed by atoms with Gasteiger partial charge in [-0.05, 0) is 72.0 Å². The van der Waals surface area contributed by atoms with E-state index in [4.69, 9.17) is 5.73 Å². The molecule has 1 aliphatic carbocycles. The highest BCUT2D eigenvalue weighted by Gasteiger charge is 2.36. The van der Waals surface area contributed by atoms with E-state index < -0.39 is 24.0 Å². The molecule has 48 heavy (non-hydrogen) atoms. The van der Waals surface area contributed by atoms with Gasteiger partial charge in [0.25, 0.3) is 0 Å². The summed E-state index contributed by atoms with van der Waals surface area (Å²) in [5.74, 6) is -1.36. The quantitative estimate of drug-likeness (QED) is 0.138. The molecule has 0 aromatic heterocycles. The number of unbranched alkanes of at least 4 members (excludes halogenated alkanes) is 1. The minimum Gasteiger partial charge on any atom is -0.346 e. The zero-order valence-corrected chi connectivity index (χ0v) is 27.9. The number of amides is 4. The third-order valence-electron chi connectivity index (χ3n) is 9.67. The maximum Gasteiger partial charge on any atom is 0.243 e. The highest BCUT2D eigenvalue weighted by molar-refractivity contribution is 5.95. The smallest absolute Gasteiger partial charge is 0.243 e. The van der Waals surface area contributed by atoms with Gasteiger partial charge in [-0.1, -0.05) is 86.5 Å². The fourth-order valence-electron chi connectivity index (χ4n) is 6.97. The second-order valence-electron chi connectivity index (χ2n) is 13.1. The molecular formula is C38H50N6O4. The summed E-state index contributed by atoms with van der Waals surface area (Å²) in [4.78, 5) is 54.3. The largest absolute Gasteiger partial charge is 0.346 e. The molecule has 256 valence electrons. The number of carbonyl (C=O) groups excluding carboxylic acids is 4. The maximum absolute atomic E-state index is 14.1. The number of carbonyl (C=O) groups is 4. The molecule has 1 saturated carbocycles. The van der Waals surface area contributed by atoms with Crippen LogP contribution < -0.4 is 32.3 Å². The summed E-state index contributed by atoms with van der Waals surface area (Å²) in [5, 5.41) is 17.6. The Labute approximate surface area is 283 Å². The van der Waals surface area contributed by atoms with Crippen molar-refractivity contribution in [3.8, 4) is 0 Å².